The van der Waals surface area contributed by atoms with Crippen LogP contribution in [0.4, 0.5) is 0 Å². The summed E-state index contributed by atoms with van der Waals surface area (Å²) in [6, 6.07) is -0.260. The number of β-lactam (4-membered cyclic amide) rings is 1. The van der Waals surface area contributed by atoms with E-state index in [-0.39, 0.29) is 29.4 Å². The van der Waals surface area contributed by atoms with Crippen LogP contribution < -0.4 is 5.73 Å². The maximum Gasteiger partial charge on any atom is 0.352 e. The van der Waals surface area contributed by atoms with Crippen LogP contribution in [0.5, 0.6) is 0 Å². The van der Waals surface area contributed by atoms with Gasteiger partial charge in [0.15, 0.2) is 0 Å². The van der Waals surface area contributed by atoms with E-state index in [4.69, 9.17) is 11.1 Å². The topological polar surface area (TPSA) is 131 Å². The standard InChI is InChI=1S/C17H26N4O4/c1-8-11(7-20-4-3-10(6-20)5-12(18)19)15(17(24)25)21-14(8)13(9(2)22)16(21)23/h8-10,13-14,22H,3-7H2,1-2H3,(H3,18,19)(H,24,25)/t8-,9+,10+,13+,14+/m0/s1. The van der Waals surface area contributed by atoms with Crippen LogP contribution in [0.3, 0.4) is 0 Å². The summed E-state index contributed by atoms with van der Waals surface area (Å²) in [6.45, 7) is 5.64. The van der Waals surface area contributed by atoms with Crippen molar-refractivity contribution in [2.45, 2.75) is 38.8 Å². The third-order valence-electron chi connectivity index (χ3n) is 5.79. The zero-order valence-corrected chi connectivity index (χ0v) is 14.6. The van der Waals surface area contributed by atoms with Gasteiger partial charge in [-0.15, -0.1) is 0 Å². The summed E-state index contributed by atoms with van der Waals surface area (Å²) in [4.78, 5) is 27.6. The molecule has 0 aromatic heterocycles. The fraction of sp³-hybridized carbons (Fsp3) is 0.706. The first-order valence-corrected chi connectivity index (χ1v) is 8.75. The Morgan fingerprint density at radius 1 is 1.48 bits per heavy atom. The van der Waals surface area contributed by atoms with E-state index >= 15 is 0 Å². The van der Waals surface area contributed by atoms with Gasteiger partial charge in [-0.1, -0.05) is 6.92 Å². The van der Waals surface area contributed by atoms with E-state index in [1.165, 1.54) is 4.90 Å². The second-order valence-corrected chi connectivity index (χ2v) is 7.55. The lowest BCUT2D eigenvalue weighted by Gasteiger charge is -2.46. The fourth-order valence-corrected chi connectivity index (χ4v) is 4.63. The second kappa shape index (κ2) is 6.42. The average molecular weight is 350 g/mol. The number of carbonyl (C=O) groups is 2. The van der Waals surface area contributed by atoms with Crippen LogP contribution in [-0.2, 0) is 9.59 Å². The van der Waals surface area contributed by atoms with E-state index in [0.717, 1.165) is 25.1 Å². The molecule has 25 heavy (non-hydrogen) atoms. The normalized spacial score (nSPS) is 33.4. The summed E-state index contributed by atoms with van der Waals surface area (Å²) in [5.74, 6) is -1.48. The Labute approximate surface area is 146 Å². The fourth-order valence-electron chi connectivity index (χ4n) is 4.63. The summed E-state index contributed by atoms with van der Waals surface area (Å²) in [6.07, 6.45) is 0.720. The number of aliphatic hydroxyl groups is 1. The predicted molar refractivity (Wildman–Crippen MR) is 90.7 cm³/mol. The molecule has 0 aromatic carbocycles. The van der Waals surface area contributed by atoms with Gasteiger partial charge in [-0.3, -0.25) is 15.1 Å². The number of fused-ring (bicyclic) bond motifs is 1. The number of rotatable bonds is 6. The number of nitrogens with one attached hydrogen (secondary N) is 1. The number of aliphatic carboxylic acids is 1. The predicted octanol–water partition coefficient (Wildman–Crippen LogP) is -0.169. The van der Waals surface area contributed by atoms with Gasteiger partial charge in [0.05, 0.1) is 23.9 Å². The number of aliphatic hydroxyl groups excluding tert-OH is 1. The van der Waals surface area contributed by atoms with E-state index in [2.05, 4.69) is 4.90 Å². The van der Waals surface area contributed by atoms with Gasteiger partial charge in [0.25, 0.3) is 0 Å². The largest absolute Gasteiger partial charge is 0.477 e. The number of amidine groups is 1. The molecule has 0 radical (unpaired) electrons. The van der Waals surface area contributed by atoms with Crippen LogP contribution in [-0.4, -0.2) is 69.5 Å². The summed E-state index contributed by atoms with van der Waals surface area (Å²) < 4.78 is 0. The van der Waals surface area contributed by atoms with E-state index in [1.807, 2.05) is 6.92 Å². The minimum atomic E-state index is -1.08. The molecule has 3 aliphatic heterocycles. The van der Waals surface area contributed by atoms with Gasteiger partial charge in [0.1, 0.15) is 5.70 Å². The van der Waals surface area contributed by atoms with Crippen molar-refractivity contribution in [2.24, 2.45) is 23.5 Å². The summed E-state index contributed by atoms with van der Waals surface area (Å²) in [7, 11) is 0. The molecule has 138 valence electrons. The van der Waals surface area contributed by atoms with Crippen molar-refractivity contribution in [3.63, 3.8) is 0 Å². The number of carboxylic acid groups (broad SMARTS) is 1. The van der Waals surface area contributed by atoms with Crippen molar-refractivity contribution in [1.82, 2.24) is 9.80 Å². The lowest BCUT2D eigenvalue weighted by Crippen LogP contribution is -2.63. The van der Waals surface area contributed by atoms with Gasteiger partial charge < -0.3 is 20.8 Å². The van der Waals surface area contributed by atoms with E-state index in [9.17, 15) is 19.8 Å². The third-order valence-corrected chi connectivity index (χ3v) is 5.79. The maximum atomic E-state index is 12.3. The Bertz CT molecular complexity index is 645. The Kier molecular flexibility index (Phi) is 4.59. The van der Waals surface area contributed by atoms with E-state index < -0.39 is 18.0 Å². The monoisotopic (exact) mass is 350 g/mol. The molecule has 1 amide bonds. The highest BCUT2D eigenvalue weighted by atomic mass is 16.4. The highest BCUT2D eigenvalue weighted by Crippen LogP contribution is 2.47. The number of carboxylic acids is 1. The second-order valence-electron chi connectivity index (χ2n) is 7.55. The van der Waals surface area contributed by atoms with Crippen LogP contribution in [0.25, 0.3) is 0 Å². The van der Waals surface area contributed by atoms with Gasteiger partial charge in [-0.25, -0.2) is 4.79 Å². The number of hydrogen-bond acceptors (Lipinski definition) is 5. The molecular formula is C17H26N4O4. The SMILES string of the molecule is C[C@@H](O)[C@H]1C(=O)N2C(C(=O)O)=C(CN3CC[C@H](CC(=N)N)C3)[C@H](C)[C@H]12. The Morgan fingerprint density at radius 2 is 2.16 bits per heavy atom. The molecule has 0 bridgehead atoms. The van der Waals surface area contributed by atoms with Crippen molar-refractivity contribution < 1.29 is 19.8 Å². The molecule has 0 unspecified atom stereocenters. The molecule has 8 heteroatoms. The van der Waals surface area contributed by atoms with Crippen molar-refractivity contribution in [3.05, 3.63) is 11.3 Å². The number of hydrogen-bond donors (Lipinski definition) is 4. The summed E-state index contributed by atoms with van der Waals surface area (Å²) in [5, 5.41) is 26.9. The molecule has 0 spiro atoms. The third kappa shape index (κ3) is 2.93. The van der Waals surface area contributed by atoms with Crippen molar-refractivity contribution in [1.29, 1.82) is 5.41 Å². The molecule has 5 atom stereocenters. The molecule has 0 aromatic rings. The van der Waals surface area contributed by atoms with Gasteiger partial charge in [0.2, 0.25) is 5.91 Å². The molecular weight excluding hydrogens is 324 g/mol. The summed E-state index contributed by atoms with van der Waals surface area (Å²) >= 11 is 0. The molecule has 2 fully saturated rings. The van der Waals surface area contributed by atoms with E-state index in [1.54, 1.807) is 6.92 Å². The first kappa shape index (κ1) is 17.9. The van der Waals surface area contributed by atoms with Crippen molar-refractivity contribution >= 4 is 17.7 Å². The number of amides is 1. The molecule has 3 aliphatic rings. The Hall–Kier alpha value is -1.93. The quantitative estimate of drug-likeness (QED) is 0.299. The van der Waals surface area contributed by atoms with Gasteiger partial charge in [-0.05, 0) is 31.4 Å². The molecule has 3 heterocycles. The van der Waals surface area contributed by atoms with Gasteiger partial charge in [-0.2, -0.15) is 0 Å². The average Bonchev–Trinajstić information content (AvgIpc) is 3.01. The Morgan fingerprint density at radius 3 is 2.72 bits per heavy atom. The molecule has 5 N–H and O–H groups in total. The smallest absolute Gasteiger partial charge is 0.352 e. The van der Waals surface area contributed by atoms with Gasteiger partial charge in [0, 0.05) is 25.4 Å². The Balaban J connectivity index is 1.77. The zero-order chi connectivity index (χ0) is 18.5. The van der Waals surface area contributed by atoms with Crippen LogP contribution in [0.1, 0.15) is 26.7 Å². The molecule has 0 saturated carbocycles. The minimum Gasteiger partial charge on any atom is -0.477 e. The summed E-state index contributed by atoms with van der Waals surface area (Å²) in [5.41, 5.74) is 6.33. The molecule has 0 aliphatic carbocycles. The number of carbonyl (C=O) groups excluding carboxylic acids is 1. The zero-order valence-electron chi connectivity index (χ0n) is 14.6. The highest BCUT2D eigenvalue weighted by Gasteiger charge is 2.59. The molecule has 2 saturated heterocycles. The van der Waals surface area contributed by atoms with Crippen molar-refractivity contribution in [2.75, 3.05) is 19.6 Å². The first-order valence-electron chi connectivity index (χ1n) is 8.75. The molecule has 8 nitrogen and oxygen atoms in total. The lowest BCUT2D eigenvalue weighted by molar-refractivity contribution is -0.163. The van der Waals surface area contributed by atoms with Crippen LogP contribution in [0, 0.1) is 23.2 Å². The van der Waals surface area contributed by atoms with Crippen molar-refractivity contribution in [3.8, 4) is 0 Å². The van der Waals surface area contributed by atoms with Crippen LogP contribution >= 0.6 is 0 Å². The lowest BCUT2D eigenvalue weighted by atomic mass is 9.77. The van der Waals surface area contributed by atoms with Crippen LogP contribution in [0.2, 0.25) is 0 Å². The maximum absolute atomic E-state index is 12.3. The first-order chi connectivity index (χ1) is 11.7. The number of likely N-dealkylation sites (tertiary alicyclic amines) is 1. The van der Waals surface area contributed by atoms with E-state index in [0.29, 0.717) is 18.9 Å². The van der Waals surface area contributed by atoms with Gasteiger partial charge >= 0.3 is 5.97 Å². The number of nitrogens with two attached hydrogens (primary N) is 1. The minimum absolute atomic E-state index is 0.0877. The van der Waals surface area contributed by atoms with Crippen LogP contribution in [0.15, 0.2) is 11.3 Å². The highest BCUT2D eigenvalue weighted by molar-refractivity contribution is 6.00. The molecule has 3 rings (SSSR count). The number of nitrogens with zero attached hydrogens (tertiary/aromatic N) is 2.